The molecule has 0 unspecified atom stereocenters. The van der Waals surface area contributed by atoms with Crippen LogP contribution in [0.25, 0.3) is 0 Å². The van der Waals surface area contributed by atoms with Gasteiger partial charge in [0.1, 0.15) is 5.75 Å². The van der Waals surface area contributed by atoms with E-state index in [1.807, 2.05) is 0 Å². The van der Waals surface area contributed by atoms with Crippen LogP contribution in [0.4, 0.5) is 0 Å². The summed E-state index contributed by atoms with van der Waals surface area (Å²) in [6.45, 7) is 0. The minimum absolute atomic E-state index is 0.0802. The number of methoxy groups -OCH3 is 1. The van der Waals surface area contributed by atoms with Gasteiger partial charge in [0.25, 0.3) is 0 Å². The van der Waals surface area contributed by atoms with Gasteiger partial charge in [-0.15, -0.1) is 0 Å². The van der Waals surface area contributed by atoms with Gasteiger partial charge in [-0.25, -0.2) is 0 Å². The number of aliphatic hydroxyl groups is 2. The summed E-state index contributed by atoms with van der Waals surface area (Å²) in [5.74, 6) is 0.184. The zero-order chi connectivity index (χ0) is 10.0. The third-order valence-electron chi connectivity index (χ3n) is 1.56. The summed E-state index contributed by atoms with van der Waals surface area (Å²) in [6, 6.07) is 3.00. The molecule has 1 rings (SSSR count). The highest BCUT2D eigenvalue weighted by atomic mass is 35.5. The van der Waals surface area contributed by atoms with E-state index in [0.29, 0.717) is 0 Å². The van der Waals surface area contributed by atoms with E-state index in [1.165, 1.54) is 19.2 Å². The molecule has 0 fully saturated rings. The highest BCUT2D eigenvalue weighted by Gasteiger charge is 2.17. The fourth-order valence-corrected chi connectivity index (χ4v) is 1.49. The SMILES string of the molecule is COc1c(Cl)ccc(Cl)c1C(O)O. The van der Waals surface area contributed by atoms with E-state index >= 15 is 0 Å². The van der Waals surface area contributed by atoms with Crippen LogP contribution in [0.2, 0.25) is 10.0 Å². The molecule has 0 saturated heterocycles. The third kappa shape index (κ3) is 2.06. The smallest absolute Gasteiger partial charge is 0.183 e. The van der Waals surface area contributed by atoms with Crippen LogP contribution in [0, 0.1) is 0 Å². The molecule has 1 aromatic carbocycles. The Morgan fingerprint density at radius 3 is 2.15 bits per heavy atom. The van der Waals surface area contributed by atoms with Crippen molar-refractivity contribution in [2.75, 3.05) is 7.11 Å². The van der Waals surface area contributed by atoms with Crippen molar-refractivity contribution >= 4 is 23.2 Å². The van der Waals surface area contributed by atoms with Crippen LogP contribution in [-0.2, 0) is 0 Å². The number of aliphatic hydroxyl groups excluding tert-OH is 1. The fraction of sp³-hybridized carbons (Fsp3) is 0.250. The Hall–Kier alpha value is -0.480. The van der Waals surface area contributed by atoms with Gasteiger partial charge in [-0.2, -0.15) is 0 Å². The minimum atomic E-state index is -1.69. The third-order valence-corrected chi connectivity index (χ3v) is 2.18. The van der Waals surface area contributed by atoms with E-state index in [9.17, 15) is 0 Å². The first-order valence-electron chi connectivity index (χ1n) is 3.46. The number of halogens is 2. The lowest BCUT2D eigenvalue weighted by molar-refractivity contribution is -0.0438. The summed E-state index contributed by atoms with van der Waals surface area (Å²) in [5, 5.41) is 18.4. The lowest BCUT2D eigenvalue weighted by Gasteiger charge is -2.12. The standard InChI is InChI=1S/C8H8Cl2O3/c1-13-7-5(10)3-2-4(9)6(7)8(11)12/h2-3,8,11-12H,1H3. The van der Waals surface area contributed by atoms with Gasteiger partial charge < -0.3 is 14.9 Å². The molecule has 13 heavy (non-hydrogen) atoms. The minimum Gasteiger partial charge on any atom is -0.495 e. The van der Waals surface area contributed by atoms with E-state index in [0.717, 1.165) is 0 Å². The number of ether oxygens (including phenoxy) is 1. The summed E-state index contributed by atoms with van der Waals surface area (Å²) < 4.78 is 4.88. The molecule has 0 radical (unpaired) electrons. The predicted molar refractivity (Wildman–Crippen MR) is 50.2 cm³/mol. The van der Waals surface area contributed by atoms with Crippen molar-refractivity contribution in [2.45, 2.75) is 6.29 Å². The number of hydrogen-bond donors (Lipinski definition) is 2. The van der Waals surface area contributed by atoms with E-state index in [4.69, 9.17) is 38.2 Å². The molecule has 0 heterocycles. The Kier molecular flexibility index (Phi) is 3.39. The van der Waals surface area contributed by atoms with Gasteiger partial charge in [-0.1, -0.05) is 23.2 Å². The zero-order valence-corrected chi connectivity index (χ0v) is 8.30. The molecule has 0 aliphatic carbocycles. The van der Waals surface area contributed by atoms with Crippen LogP contribution in [0.1, 0.15) is 11.9 Å². The topological polar surface area (TPSA) is 49.7 Å². The van der Waals surface area contributed by atoms with Crippen molar-refractivity contribution in [1.29, 1.82) is 0 Å². The van der Waals surface area contributed by atoms with E-state index in [2.05, 4.69) is 0 Å². The van der Waals surface area contributed by atoms with Gasteiger partial charge in [-0.3, -0.25) is 0 Å². The quantitative estimate of drug-likeness (QED) is 0.753. The Balaban J connectivity index is 3.35. The molecule has 0 spiro atoms. The second-order valence-corrected chi connectivity index (χ2v) is 3.16. The van der Waals surface area contributed by atoms with Crippen molar-refractivity contribution in [3.05, 3.63) is 27.7 Å². The Morgan fingerprint density at radius 2 is 1.77 bits per heavy atom. The molecule has 0 bridgehead atoms. The Labute approximate surface area is 85.5 Å². The molecule has 5 heteroatoms. The number of hydrogen-bond acceptors (Lipinski definition) is 3. The molecule has 1 aromatic rings. The second-order valence-electron chi connectivity index (χ2n) is 2.35. The van der Waals surface area contributed by atoms with Gasteiger partial charge in [0, 0.05) is 0 Å². The first-order chi connectivity index (χ1) is 6.07. The van der Waals surface area contributed by atoms with Crippen molar-refractivity contribution in [3.8, 4) is 5.75 Å². The number of benzene rings is 1. The summed E-state index contributed by atoms with van der Waals surface area (Å²) in [4.78, 5) is 0. The van der Waals surface area contributed by atoms with Crippen LogP contribution in [-0.4, -0.2) is 17.3 Å². The van der Waals surface area contributed by atoms with Crippen LogP contribution in [0.3, 0.4) is 0 Å². The van der Waals surface area contributed by atoms with Crippen molar-refractivity contribution in [3.63, 3.8) is 0 Å². The van der Waals surface area contributed by atoms with Gasteiger partial charge in [0.15, 0.2) is 6.29 Å². The normalized spacial score (nSPS) is 10.6. The van der Waals surface area contributed by atoms with Crippen LogP contribution >= 0.6 is 23.2 Å². The van der Waals surface area contributed by atoms with Gasteiger partial charge >= 0.3 is 0 Å². The maximum absolute atomic E-state index is 8.97. The molecule has 0 aromatic heterocycles. The van der Waals surface area contributed by atoms with Crippen molar-refractivity contribution < 1.29 is 14.9 Å². The predicted octanol–water partition coefficient (Wildman–Crippen LogP) is 1.99. The van der Waals surface area contributed by atoms with Crippen molar-refractivity contribution in [1.82, 2.24) is 0 Å². The molecule has 0 amide bonds. The van der Waals surface area contributed by atoms with E-state index < -0.39 is 6.29 Å². The van der Waals surface area contributed by atoms with E-state index in [-0.39, 0.29) is 21.4 Å². The second kappa shape index (κ2) is 4.15. The molecular formula is C8H8Cl2O3. The van der Waals surface area contributed by atoms with Gasteiger partial charge in [0.2, 0.25) is 0 Å². The summed E-state index contributed by atoms with van der Waals surface area (Å²) >= 11 is 11.5. The first kappa shape index (κ1) is 10.6. The molecule has 3 nitrogen and oxygen atoms in total. The summed E-state index contributed by atoms with van der Waals surface area (Å²) in [5.41, 5.74) is 0.0802. The fourth-order valence-electron chi connectivity index (χ4n) is 0.997. The lowest BCUT2D eigenvalue weighted by Crippen LogP contribution is -2.00. The summed E-state index contributed by atoms with van der Waals surface area (Å²) in [6.07, 6.45) is -1.69. The number of rotatable bonds is 2. The monoisotopic (exact) mass is 222 g/mol. The van der Waals surface area contributed by atoms with Gasteiger partial charge in [0.05, 0.1) is 22.7 Å². The average Bonchev–Trinajstić information content (AvgIpc) is 2.07. The van der Waals surface area contributed by atoms with Crippen LogP contribution < -0.4 is 4.74 Å². The van der Waals surface area contributed by atoms with Crippen molar-refractivity contribution in [2.24, 2.45) is 0 Å². The highest BCUT2D eigenvalue weighted by molar-refractivity contribution is 6.34. The van der Waals surface area contributed by atoms with Crippen LogP contribution in [0.15, 0.2) is 12.1 Å². The average molecular weight is 223 g/mol. The molecular weight excluding hydrogens is 215 g/mol. The molecule has 0 atom stereocenters. The maximum atomic E-state index is 8.97. The van der Waals surface area contributed by atoms with Crippen LogP contribution in [0.5, 0.6) is 5.75 Å². The molecule has 2 N–H and O–H groups in total. The highest BCUT2D eigenvalue weighted by Crippen LogP contribution is 2.36. The summed E-state index contributed by atoms with van der Waals surface area (Å²) in [7, 11) is 1.38. The first-order valence-corrected chi connectivity index (χ1v) is 4.21. The largest absolute Gasteiger partial charge is 0.495 e. The Bertz CT molecular complexity index is 313. The molecule has 0 aliphatic heterocycles. The molecule has 72 valence electrons. The zero-order valence-electron chi connectivity index (χ0n) is 6.79. The lowest BCUT2D eigenvalue weighted by atomic mass is 10.2. The maximum Gasteiger partial charge on any atom is 0.183 e. The van der Waals surface area contributed by atoms with E-state index in [1.54, 1.807) is 0 Å². The Morgan fingerprint density at radius 1 is 1.23 bits per heavy atom. The molecule has 0 saturated carbocycles. The molecule has 0 aliphatic rings. The van der Waals surface area contributed by atoms with Gasteiger partial charge in [-0.05, 0) is 12.1 Å².